The molecule has 0 bridgehead atoms. The van der Waals surface area contributed by atoms with Gasteiger partial charge in [-0.2, -0.15) is 0 Å². The number of hydrogen-bond acceptors (Lipinski definition) is 6. The maximum atomic E-state index is 13.7. The number of aromatic amines is 1. The van der Waals surface area contributed by atoms with Crippen molar-refractivity contribution in [3.8, 4) is 0 Å². The Morgan fingerprint density at radius 3 is 2.76 bits per heavy atom. The van der Waals surface area contributed by atoms with Crippen LogP contribution < -0.4 is 10.9 Å². The molecule has 1 saturated heterocycles. The van der Waals surface area contributed by atoms with E-state index < -0.39 is 5.97 Å². The molecule has 1 amide bonds. The summed E-state index contributed by atoms with van der Waals surface area (Å²) in [7, 11) is 0. The number of esters is 1. The van der Waals surface area contributed by atoms with Crippen LogP contribution in [-0.4, -0.2) is 57.6 Å². The van der Waals surface area contributed by atoms with Crippen LogP contribution in [-0.2, 0) is 22.5 Å². The first-order valence-electron chi connectivity index (χ1n) is 11.5. The number of carbonyl (C=O) groups is 2. The predicted molar refractivity (Wildman–Crippen MR) is 123 cm³/mol. The molecule has 2 aromatic heterocycles. The minimum Gasteiger partial charge on any atom is -0.462 e. The SMILES string of the molecule is CCOC(=O)c1c[nH]n2c(=O)cc(CN3CCC(C(=O)NCCc4ccccc4F)CC3)nc12. The van der Waals surface area contributed by atoms with Crippen LogP contribution in [0.4, 0.5) is 4.39 Å². The number of nitrogens with zero attached hydrogens (tertiary/aromatic N) is 3. The van der Waals surface area contributed by atoms with Gasteiger partial charge in [0, 0.05) is 31.3 Å². The van der Waals surface area contributed by atoms with Crippen LogP contribution in [0.2, 0.25) is 0 Å². The van der Waals surface area contributed by atoms with Crippen LogP contribution in [0.1, 0.15) is 41.4 Å². The van der Waals surface area contributed by atoms with Gasteiger partial charge in [0.15, 0.2) is 5.65 Å². The molecule has 0 atom stereocenters. The Balaban J connectivity index is 1.31. The normalized spacial score (nSPS) is 14.9. The van der Waals surface area contributed by atoms with Gasteiger partial charge in [-0.3, -0.25) is 19.6 Å². The summed E-state index contributed by atoms with van der Waals surface area (Å²) in [6.45, 7) is 4.15. The average Bonchev–Trinajstić information content (AvgIpc) is 3.25. The van der Waals surface area contributed by atoms with E-state index >= 15 is 0 Å². The number of fused-ring (bicyclic) bond motifs is 1. The maximum Gasteiger partial charge on any atom is 0.343 e. The van der Waals surface area contributed by atoms with E-state index in [0.29, 0.717) is 56.7 Å². The van der Waals surface area contributed by atoms with E-state index in [9.17, 15) is 18.8 Å². The third-order valence-corrected chi connectivity index (χ3v) is 6.04. The van der Waals surface area contributed by atoms with Crippen LogP contribution >= 0.6 is 0 Å². The molecule has 2 N–H and O–H groups in total. The summed E-state index contributed by atoms with van der Waals surface area (Å²) < 4.78 is 20.0. The number of likely N-dealkylation sites (tertiary alicyclic amines) is 1. The highest BCUT2D eigenvalue weighted by Gasteiger charge is 2.25. The lowest BCUT2D eigenvalue weighted by Crippen LogP contribution is -2.41. The number of amides is 1. The summed E-state index contributed by atoms with van der Waals surface area (Å²) in [6, 6.07) is 8.01. The molecule has 1 aromatic carbocycles. The quantitative estimate of drug-likeness (QED) is 0.488. The molecule has 1 aliphatic rings. The second kappa shape index (κ2) is 10.6. The largest absolute Gasteiger partial charge is 0.462 e. The summed E-state index contributed by atoms with van der Waals surface area (Å²) in [5.74, 6) is -0.907. The number of piperidine rings is 1. The lowest BCUT2D eigenvalue weighted by Gasteiger charge is -2.31. The maximum absolute atomic E-state index is 13.7. The summed E-state index contributed by atoms with van der Waals surface area (Å²) in [5, 5.41) is 5.65. The Bertz CT molecular complexity index is 1230. The first kappa shape index (κ1) is 23.6. The van der Waals surface area contributed by atoms with Crippen LogP contribution in [0.3, 0.4) is 0 Å². The molecule has 0 radical (unpaired) electrons. The fourth-order valence-electron chi connectivity index (χ4n) is 4.22. The van der Waals surface area contributed by atoms with Crippen molar-refractivity contribution < 1.29 is 18.7 Å². The van der Waals surface area contributed by atoms with Gasteiger partial charge in [-0.25, -0.2) is 18.7 Å². The highest BCUT2D eigenvalue weighted by atomic mass is 19.1. The number of hydrogen-bond donors (Lipinski definition) is 2. The second-order valence-corrected chi connectivity index (χ2v) is 8.34. The van der Waals surface area contributed by atoms with Crippen molar-refractivity contribution in [1.29, 1.82) is 0 Å². The fraction of sp³-hybridized carbons (Fsp3) is 0.417. The Kier molecular flexibility index (Phi) is 7.36. The van der Waals surface area contributed by atoms with E-state index in [1.807, 2.05) is 0 Å². The summed E-state index contributed by atoms with van der Waals surface area (Å²) in [6.07, 6.45) is 3.24. The number of rotatable bonds is 8. The monoisotopic (exact) mass is 469 g/mol. The van der Waals surface area contributed by atoms with Crippen LogP contribution in [0.25, 0.3) is 5.65 Å². The van der Waals surface area contributed by atoms with Crippen molar-refractivity contribution >= 4 is 17.5 Å². The molecule has 3 heterocycles. The number of benzene rings is 1. The van der Waals surface area contributed by atoms with Crippen molar-refractivity contribution in [2.75, 3.05) is 26.2 Å². The smallest absolute Gasteiger partial charge is 0.343 e. The van der Waals surface area contributed by atoms with Gasteiger partial charge in [-0.05, 0) is 50.9 Å². The highest BCUT2D eigenvalue weighted by molar-refractivity contribution is 5.95. The molecule has 0 aliphatic carbocycles. The highest BCUT2D eigenvalue weighted by Crippen LogP contribution is 2.19. The third-order valence-electron chi connectivity index (χ3n) is 6.04. The van der Waals surface area contributed by atoms with Crippen LogP contribution in [0.15, 0.2) is 41.3 Å². The summed E-state index contributed by atoms with van der Waals surface area (Å²) in [5.41, 5.74) is 1.30. The van der Waals surface area contributed by atoms with Crippen LogP contribution in [0.5, 0.6) is 0 Å². The van der Waals surface area contributed by atoms with E-state index in [2.05, 4.69) is 20.3 Å². The second-order valence-electron chi connectivity index (χ2n) is 8.34. The first-order valence-corrected chi connectivity index (χ1v) is 11.5. The topological polar surface area (TPSA) is 109 Å². The zero-order valence-electron chi connectivity index (χ0n) is 19.1. The third kappa shape index (κ3) is 5.33. The van der Waals surface area contributed by atoms with Gasteiger partial charge in [0.2, 0.25) is 5.91 Å². The minimum atomic E-state index is -0.535. The predicted octanol–water partition coefficient (Wildman–Crippen LogP) is 1.91. The number of halogens is 1. The Morgan fingerprint density at radius 2 is 2.03 bits per heavy atom. The van der Waals surface area contributed by atoms with E-state index in [4.69, 9.17) is 4.74 Å². The average molecular weight is 470 g/mol. The molecule has 1 aliphatic heterocycles. The molecule has 4 rings (SSSR count). The van der Waals surface area contributed by atoms with E-state index in [0.717, 1.165) is 0 Å². The van der Waals surface area contributed by atoms with Crippen molar-refractivity contribution in [3.63, 3.8) is 0 Å². The number of nitrogens with one attached hydrogen (secondary N) is 2. The molecule has 0 saturated carbocycles. The zero-order valence-corrected chi connectivity index (χ0v) is 19.1. The van der Waals surface area contributed by atoms with Crippen molar-refractivity contribution in [2.45, 2.75) is 32.7 Å². The van der Waals surface area contributed by atoms with Crippen LogP contribution in [0, 0.1) is 11.7 Å². The lowest BCUT2D eigenvalue weighted by atomic mass is 9.95. The van der Waals surface area contributed by atoms with Gasteiger partial charge in [0.1, 0.15) is 11.4 Å². The molecule has 180 valence electrons. The molecular formula is C24H28FN5O4. The van der Waals surface area contributed by atoms with Gasteiger partial charge < -0.3 is 10.1 Å². The van der Waals surface area contributed by atoms with E-state index in [1.54, 1.807) is 25.1 Å². The van der Waals surface area contributed by atoms with Crippen molar-refractivity contribution in [1.82, 2.24) is 24.8 Å². The fourth-order valence-corrected chi connectivity index (χ4v) is 4.22. The van der Waals surface area contributed by atoms with Gasteiger partial charge in [-0.1, -0.05) is 18.2 Å². The Hall–Kier alpha value is -3.53. The Morgan fingerprint density at radius 1 is 1.26 bits per heavy atom. The van der Waals surface area contributed by atoms with Gasteiger partial charge in [0.05, 0.1) is 12.3 Å². The molecule has 1 fully saturated rings. The Labute approximate surface area is 195 Å². The number of carbonyl (C=O) groups excluding carboxylic acids is 2. The molecule has 0 spiro atoms. The number of H-pyrrole nitrogens is 1. The minimum absolute atomic E-state index is 0.0137. The van der Waals surface area contributed by atoms with E-state index in [1.165, 1.54) is 22.8 Å². The lowest BCUT2D eigenvalue weighted by molar-refractivity contribution is -0.126. The van der Waals surface area contributed by atoms with Gasteiger partial charge >= 0.3 is 5.97 Å². The molecule has 9 nitrogen and oxygen atoms in total. The van der Waals surface area contributed by atoms with Crippen molar-refractivity contribution in [3.05, 3.63) is 69.5 Å². The molecule has 3 aromatic rings. The van der Waals surface area contributed by atoms with E-state index in [-0.39, 0.29) is 41.0 Å². The number of aromatic nitrogens is 3. The van der Waals surface area contributed by atoms with Gasteiger partial charge in [0.25, 0.3) is 5.56 Å². The summed E-state index contributed by atoms with van der Waals surface area (Å²) in [4.78, 5) is 43.8. The van der Waals surface area contributed by atoms with Gasteiger partial charge in [-0.15, -0.1) is 0 Å². The first-order chi connectivity index (χ1) is 16.5. The zero-order chi connectivity index (χ0) is 24.1. The summed E-state index contributed by atoms with van der Waals surface area (Å²) >= 11 is 0. The molecule has 0 unspecified atom stereocenters. The molecule has 10 heteroatoms. The molecular weight excluding hydrogens is 441 g/mol. The molecule has 34 heavy (non-hydrogen) atoms. The number of ether oxygens (including phenoxy) is 1. The van der Waals surface area contributed by atoms with Crippen molar-refractivity contribution in [2.24, 2.45) is 5.92 Å². The standard InChI is InChI=1S/C24H28FN5O4/c1-2-34-24(33)19-14-27-30-21(31)13-18(28-22(19)30)15-29-11-8-17(9-12-29)23(32)26-10-7-16-5-3-4-6-20(16)25/h3-6,13-14,17,27H,2,7-12,15H2,1H3,(H,26,32).